The van der Waals surface area contributed by atoms with Crippen molar-refractivity contribution in [3.05, 3.63) is 68.1 Å². The zero-order chi connectivity index (χ0) is 31.1. The molecule has 1 fully saturated rings. The molecule has 4 amide bonds. The molecule has 0 radical (unpaired) electrons. The van der Waals surface area contributed by atoms with Crippen LogP contribution in [0.2, 0.25) is 0 Å². The van der Waals surface area contributed by atoms with Gasteiger partial charge in [-0.2, -0.15) is 0 Å². The Bertz CT molecular complexity index is 1450. The lowest BCUT2D eigenvalue weighted by Crippen LogP contribution is -2.52. The molecule has 3 atom stereocenters. The highest BCUT2D eigenvalue weighted by atomic mass is 32.1. The Morgan fingerprint density at radius 3 is 2.39 bits per heavy atom. The summed E-state index contributed by atoms with van der Waals surface area (Å²) >= 11 is 2.64. The minimum atomic E-state index is -0.495. The van der Waals surface area contributed by atoms with Gasteiger partial charge < -0.3 is 26.2 Å². The monoisotopic (exact) mass is 637 g/mol. The first kappa shape index (κ1) is 31.7. The van der Waals surface area contributed by atoms with Crippen molar-refractivity contribution in [3.8, 4) is 0 Å². The summed E-state index contributed by atoms with van der Waals surface area (Å²) in [6.07, 6.45) is 3.63. The van der Waals surface area contributed by atoms with E-state index >= 15 is 0 Å². The van der Waals surface area contributed by atoms with Gasteiger partial charge >= 0.3 is 0 Å². The molecule has 3 aromatic rings. The molecule has 1 aromatic carbocycles. The molecule has 11 nitrogen and oxygen atoms in total. The minimum Gasteiger partial charge on any atom is -0.351 e. The number of piperidine rings is 1. The van der Waals surface area contributed by atoms with E-state index in [1.165, 1.54) is 22.7 Å². The summed E-state index contributed by atoms with van der Waals surface area (Å²) in [6, 6.07) is 8.53. The lowest BCUT2D eigenvalue weighted by atomic mass is 10.0. The van der Waals surface area contributed by atoms with E-state index < -0.39 is 12.1 Å². The average molecular weight is 638 g/mol. The molecular formula is C31H39N7O4S2. The molecule has 4 bridgehead atoms. The number of aromatic nitrogens is 2. The van der Waals surface area contributed by atoms with Crippen LogP contribution in [0.25, 0.3) is 0 Å². The number of nitrogens with one attached hydrogen (secondary N) is 4. The van der Waals surface area contributed by atoms with Crippen molar-refractivity contribution in [2.75, 3.05) is 26.2 Å². The van der Waals surface area contributed by atoms with E-state index in [0.29, 0.717) is 35.9 Å². The van der Waals surface area contributed by atoms with Gasteiger partial charge in [0.05, 0.1) is 24.7 Å². The van der Waals surface area contributed by atoms with Crippen LogP contribution in [0, 0.1) is 5.92 Å². The summed E-state index contributed by atoms with van der Waals surface area (Å²) in [5, 5.41) is 16.9. The lowest BCUT2D eigenvalue weighted by molar-refractivity contribution is -0.138. The molecule has 2 aromatic heterocycles. The van der Waals surface area contributed by atoms with Crippen LogP contribution in [0.15, 0.2) is 41.1 Å². The number of fused-ring (bicyclic) bond motifs is 4. The third-order valence-electron chi connectivity index (χ3n) is 7.79. The summed E-state index contributed by atoms with van der Waals surface area (Å²) in [5.41, 5.74) is 1.53. The van der Waals surface area contributed by atoms with Crippen LogP contribution < -0.4 is 21.3 Å². The van der Waals surface area contributed by atoms with Gasteiger partial charge in [-0.15, -0.1) is 22.7 Å². The number of hydrogen-bond acceptors (Lipinski definition) is 9. The van der Waals surface area contributed by atoms with E-state index in [1.807, 2.05) is 44.2 Å². The van der Waals surface area contributed by atoms with Gasteiger partial charge in [0, 0.05) is 23.8 Å². The first-order chi connectivity index (χ1) is 21.3. The van der Waals surface area contributed by atoms with Crippen LogP contribution >= 0.6 is 22.7 Å². The Morgan fingerprint density at radius 2 is 1.66 bits per heavy atom. The SMILES string of the molecule is CC(C)[C@@H]1NC(=O)c2csc(n2)[C@H](Cc2ccccc2)NC(=O)CN(C(=O)[C@@H]2CCCCN2)CCCNC(=O)c2csc1n2. The summed E-state index contributed by atoms with van der Waals surface area (Å²) in [6.45, 7) is 5.23. The van der Waals surface area contributed by atoms with Crippen LogP contribution in [-0.4, -0.2) is 70.7 Å². The largest absolute Gasteiger partial charge is 0.351 e. The molecule has 4 heterocycles. The molecule has 0 unspecified atom stereocenters. The molecule has 13 heteroatoms. The molecule has 2 aliphatic heterocycles. The smallest absolute Gasteiger partial charge is 0.271 e. The van der Waals surface area contributed by atoms with E-state index in [-0.39, 0.29) is 53.5 Å². The second kappa shape index (κ2) is 14.9. The zero-order valence-corrected chi connectivity index (χ0v) is 26.6. The zero-order valence-electron chi connectivity index (χ0n) is 25.0. The van der Waals surface area contributed by atoms with Crippen LogP contribution in [0.3, 0.4) is 0 Å². The molecule has 0 spiro atoms. The van der Waals surface area contributed by atoms with Gasteiger partial charge in [-0.1, -0.05) is 50.6 Å². The quantitative estimate of drug-likeness (QED) is 0.344. The molecule has 2 aliphatic rings. The Balaban J connectivity index is 1.44. The standard InChI is InChI=1S/C31H39N7O4S2/c1-19(2)26-30-36-23(17-44-30)27(40)33-13-8-14-38(31(42)21-11-6-7-12-32-21)16-25(39)34-22(15-20-9-4-3-5-10-20)29-35-24(18-43-29)28(41)37-26/h3-5,9-10,17-19,21-22,26,32H,6-8,11-16H2,1-2H3,(H,33,40)(H,34,39)(H,37,41)/t21-,22-,26-/m0/s1. The molecule has 4 N–H and O–H groups in total. The number of carbonyl (C=O) groups is 4. The summed E-state index contributed by atoms with van der Waals surface area (Å²) < 4.78 is 0. The van der Waals surface area contributed by atoms with Crippen molar-refractivity contribution in [2.45, 2.75) is 64.1 Å². The molecule has 5 rings (SSSR count). The van der Waals surface area contributed by atoms with Gasteiger partial charge in [0.15, 0.2) is 0 Å². The maximum Gasteiger partial charge on any atom is 0.271 e. The molecule has 0 aliphatic carbocycles. The Hall–Kier alpha value is -3.68. The summed E-state index contributed by atoms with van der Waals surface area (Å²) in [4.78, 5) is 64.1. The van der Waals surface area contributed by atoms with E-state index in [1.54, 1.807) is 15.7 Å². The van der Waals surface area contributed by atoms with Crippen molar-refractivity contribution in [1.29, 1.82) is 0 Å². The lowest BCUT2D eigenvalue weighted by Gasteiger charge is -2.30. The molecule has 1 saturated heterocycles. The number of rotatable bonds is 4. The number of hydrogen-bond donors (Lipinski definition) is 4. The number of benzene rings is 1. The van der Waals surface area contributed by atoms with Gasteiger partial charge in [-0.05, 0) is 43.7 Å². The summed E-state index contributed by atoms with van der Waals surface area (Å²) in [5.74, 6) is -1.09. The molecule has 44 heavy (non-hydrogen) atoms. The van der Waals surface area contributed by atoms with Crippen molar-refractivity contribution < 1.29 is 19.2 Å². The third kappa shape index (κ3) is 8.07. The van der Waals surface area contributed by atoms with Crippen LogP contribution in [0.4, 0.5) is 0 Å². The average Bonchev–Trinajstić information content (AvgIpc) is 3.72. The minimum absolute atomic E-state index is 0.0144. The van der Waals surface area contributed by atoms with E-state index in [4.69, 9.17) is 0 Å². The highest BCUT2D eigenvalue weighted by molar-refractivity contribution is 7.10. The van der Waals surface area contributed by atoms with E-state index in [9.17, 15) is 19.2 Å². The predicted molar refractivity (Wildman–Crippen MR) is 169 cm³/mol. The Kier molecular flexibility index (Phi) is 10.7. The van der Waals surface area contributed by atoms with Gasteiger partial charge in [-0.3, -0.25) is 19.2 Å². The second-order valence-electron chi connectivity index (χ2n) is 11.5. The predicted octanol–water partition coefficient (Wildman–Crippen LogP) is 3.23. The van der Waals surface area contributed by atoms with Crippen molar-refractivity contribution in [1.82, 2.24) is 36.1 Å². The fraction of sp³-hybridized carbons (Fsp3) is 0.484. The normalized spacial score (nSPS) is 22.3. The summed E-state index contributed by atoms with van der Waals surface area (Å²) in [7, 11) is 0. The number of carbonyl (C=O) groups excluding carboxylic acids is 4. The van der Waals surface area contributed by atoms with Gasteiger partial charge in [0.1, 0.15) is 21.4 Å². The maximum atomic E-state index is 13.5. The first-order valence-corrected chi connectivity index (χ1v) is 16.9. The van der Waals surface area contributed by atoms with Crippen molar-refractivity contribution >= 4 is 46.3 Å². The Labute approximate surface area is 265 Å². The number of nitrogens with zero attached hydrogens (tertiary/aromatic N) is 3. The first-order valence-electron chi connectivity index (χ1n) is 15.1. The van der Waals surface area contributed by atoms with Gasteiger partial charge in [0.2, 0.25) is 11.8 Å². The fourth-order valence-corrected chi connectivity index (χ4v) is 7.26. The van der Waals surface area contributed by atoms with Crippen molar-refractivity contribution in [3.63, 3.8) is 0 Å². The van der Waals surface area contributed by atoms with Gasteiger partial charge in [0.25, 0.3) is 11.8 Å². The molecule has 234 valence electrons. The Morgan fingerprint density at radius 1 is 0.932 bits per heavy atom. The number of thiazole rings is 2. The van der Waals surface area contributed by atoms with Crippen LogP contribution in [0.1, 0.15) is 88.2 Å². The highest BCUT2D eigenvalue weighted by Gasteiger charge is 2.29. The topological polar surface area (TPSA) is 145 Å². The molecule has 0 saturated carbocycles. The van der Waals surface area contributed by atoms with Crippen molar-refractivity contribution in [2.24, 2.45) is 5.92 Å². The third-order valence-corrected chi connectivity index (χ3v) is 9.68. The fourth-order valence-electron chi connectivity index (χ4n) is 5.39. The maximum absolute atomic E-state index is 13.5. The molecular weight excluding hydrogens is 599 g/mol. The van der Waals surface area contributed by atoms with Crippen LogP contribution in [0.5, 0.6) is 0 Å². The van der Waals surface area contributed by atoms with E-state index in [2.05, 4.69) is 31.2 Å². The van der Waals surface area contributed by atoms with Crippen LogP contribution in [-0.2, 0) is 16.0 Å². The highest BCUT2D eigenvalue weighted by Crippen LogP contribution is 2.27. The second-order valence-corrected chi connectivity index (χ2v) is 13.3. The van der Waals surface area contributed by atoms with Gasteiger partial charge in [-0.25, -0.2) is 9.97 Å². The van der Waals surface area contributed by atoms with E-state index in [0.717, 1.165) is 31.4 Å². The number of amides is 4.